The monoisotopic (exact) mass is 366 g/mol. The molecule has 1 aromatic carbocycles. The second-order valence-corrected chi connectivity index (χ2v) is 8.13. The number of halogens is 2. The third-order valence-electron chi connectivity index (χ3n) is 4.65. The van der Waals surface area contributed by atoms with Crippen molar-refractivity contribution in [1.82, 2.24) is 9.47 Å². The number of benzene rings is 1. The molecule has 0 atom stereocenters. The standard InChI is InChI=1S/C19H24ClFN2O2/c1-19(2,3)25-18(24)23-7-5-12(6-8-23)14-11-22(4)17-10-16(21)15(20)9-13(14)17/h9-12H,5-8H2,1-4H3. The summed E-state index contributed by atoms with van der Waals surface area (Å²) in [5.41, 5.74) is 1.53. The predicted octanol–water partition coefficient (Wildman–Crippen LogP) is 5.09. The summed E-state index contributed by atoms with van der Waals surface area (Å²) < 4.78 is 21.1. The van der Waals surface area contributed by atoms with Gasteiger partial charge < -0.3 is 14.2 Å². The smallest absolute Gasteiger partial charge is 0.410 e. The zero-order chi connectivity index (χ0) is 18.4. The van der Waals surface area contributed by atoms with Gasteiger partial charge in [0.2, 0.25) is 0 Å². The van der Waals surface area contributed by atoms with Crippen molar-refractivity contribution in [1.29, 1.82) is 0 Å². The van der Waals surface area contributed by atoms with Gasteiger partial charge in [-0.1, -0.05) is 11.6 Å². The molecule has 0 spiro atoms. The van der Waals surface area contributed by atoms with Crippen molar-refractivity contribution in [3.8, 4) is 0 Å². The molecule has 25 heavy (non-hydrogen) atoms. The van der Waals surface area contributed by atoms with E-state index in [0.717, 1.165) is 23.7 Å². The predicted molar refractivity (Wildman–Crippen MR) is 97.7 cm³/mol. The number of carbonyl (C=O) groups excluding carboxylic acids is 1. The van der Waals surface area contributed by atoms with Crippen LogP contribution in [-0.4, -0.2) is 34.3 Å². The van der Waals surface area contributed by atoms with Crippen LogP contribution >= 0.6 is 11.6 Å². The van der Waals surface area contributed by atoms with Crippen molar-refractivity contribution in [2.24, 2.45) is 7.05 Å². The first-order valence-electron chi connectivity index (χ1n) is 8.57. The van der Waals surface area contributed by atoms with E-state index in [-0.39, 0.29) is 11.1 Å². The highest BCUT2D eigenvalue weighted by molar-refractivity contribution is 6.31. The van der Waals surface area contributed by atoms with Crippen LogP contribution in [0.25, 0.3) is 10.9 Å². The number of ether oxygens (including phenoxy) is 1. The second kappa shape index (κ2) is 6.52. The van der Waals surface area contributed by atoms with Crippen molar-refractivity contribution >= 4 is 28.6 Å². The normalized spacial score (nSPS) is 16.5. The van der Waals surface area contributed by atoms with Gasteiger partial charge in [-0.3, -0.25) is 0 Å². The molecule has 2 heterocycles. The summed E-state index contributed by atoms with van der Waals surface area (Å²) in [4.78, 5) is 14.0. The van der Waals surface area contributed by atoms with E-state index in [0.29, 0.717) is 19.0 Å². The SMILES string of the molecule is Cn1cc(C2CCN(C(=O)OC(C)(C)C)CC2)c2cc(Cl)c(F)cc21. The minimum atomic E-state index is -0.482. The summed E-state index contributed by atoms with van der Waals surface area (Å²) in [7, 11) is 1.91. The number of fused-ring (bicyclic) bond motifs is 1. The summed E-state index contributed by atoms with van der Waals surface area (Å²) in [5, 5.41) is 1.13. The number of hydrogen-bond acceptors (Lipinski definition) is 2. The molecule has 0 bridgehead atoms. The highest BCUT2D eigenvalue weighted by Crippen LogP contribution is 2.36. The number of carbonyl (C=O) groups is 1. The molecule has 0 radical (unpaired) electrons. The topological polar surface area (TPSA) is 34.5 Å². The number of piperidine rings is 1. The van der Waals surface area contributed by atoms with Crippen molar-refractivity contribution in [3.05, 3.63) is 34.7 Å². The first-order valence-corrected chi connectivity index (χ1v) is 8.95. The molecule has 1 aliphatic rings. The van der Waals surface area contributed by atoms with E-state index < -0.39 is 11.4 Å². The Balaban J connectivity index is 1.76. The highest BCUT2D eigenvalue weighted by Gasteiger charge is 2.29. The number of aryl methyl sites for hydroxylation is 1. The minimum absolute atomic E-state index is 0.145. The fourth-order valence-corrected chi connectivity index (χ4v) is 3.60. The molecule has 6 heteroatoms. The van der Waals surface area contributed by atoms with Gasteiger partial charge in [0.25, 0.3) is 0 Å². The Morgan fingerprint density at radius 2 is 1.92 bits per heavy atom. The fourth-order valence-electron chi connectivity index (χ4n) is 3.43. The van der Waals surface area contributed by atoms with Gasteiger partial charge in [0, 0.05) is 31.7 Å². The van der Waals surface area contributed by atoms with E-state index in [2.05, 4.69) is 0 Å². The third-order valence-corrected chi connectivity index (χ3v) is 4.94. The van der Waals surface area contributed by atoms with Crippen LogP contribution in [0.2, 0.25) is 5.02 Å². The van der Waals surface area contributed by atoms with Crippen molar-refractivity contribution in [3.63, 3.8) is 0 Å². The van der Waals surface area contributed by atoms with E-state index >= 15 is 0 Å². The maximum atomic E-state index is 13.8. The van der Waals surface area contributed by atoms with E-state index in [1.807, 2.05) is 38.6 Å². The number of likely N-dealkylation sites (tertiary alicyclic amines) is 1. The van der Waals surface area contributed by atoms with E-state index in [1.165, 1.54) is 11.6 Å². The molecule has 2 aromatic rings. The number of amides is 1. The summed E-state index contributed by atoms with van der Waals surface area (Å²) >= 11 is 5.98. The zero-order valence-corrected chi connectivity index (χ0v) is 15.9. The second-order valence-electron chi connectivity index (χ2n) is 7.72. The Morgan fingerprint density at radius 3 is 2.52 bits per heavy atom. The zero-order valence-electron chi connectivity index (χ0n) is 15.1. The maximum Gasteiger partial charge on any atom is 0.410 e. The molecule has 1 fully saturated rings. The van der Waals surface area contributed by atoms with Crippen LogP contribution in [0.4, 0.5) is 9.18 Å². The summed E-state index contributed by atoms with van der Waals surface area (Å²) in [6, 6.07) is 3.19. The van der Waals surface area contributed by atoms with Gasteiger partial charge in [-0.2, -0.15) is 0 Å². The van der Waals surface area contributed by atoms with Gasteiger partial charge >= 0.3 is 6.09 Å². The van der Waals surface area contributed by atoms with Crippen LogP contribution in [-0.2, 0) is 11.8 Å². The molecule has 1 saturated heterocycles. The van der Waals surface area contributed by atoms with Gasteiger partial charge in [-0.25, -0.2) is 9.18 Å². The van der Waals surface area contributed by atoms with Crippen molar-refractivity contribution < 1.29 is 13.9 Å². The Morgan fingerprint density at radius 1 is 1.28 bits per heavy atom. The van der Waals surface area contributed by atoms with Crippen LogP contribution in [0.15, 0.2) is 18.3 Å². The van der Waals surface area contributed by atoms with Gasteiger partial charge in [-0.05, 0) is 57.2 Å². The Labute approximate surface area is 152 Å². The molecule has 136 valence electrons. The number of hydrogen-bond donors (Lipinski definition) is 0. The average Bonchev–Trinajstić information content (AvgIpc) is 2.83. The molecule has 1 aliphatic heterocycles. The molecule has 1 amide bonds. The molecule has 1 aromatic heterocycles. The van der Waals surface area contributed by atoms with Crippen LogP contribution in [0.1, 0.15) is 45.1 Å². The number of aromatic nitrogens is 1. The quantitative estimate of drug-likeness (QED) is 0.704. The number of nitrogens with zero attached hydrogens (tertiary/aromatic N) is 2. The highest BCUT2D eigenvalue weighted by atomic mass is 35.5. The lowest BCUT2D eigenvalue weighted by atomic mass is 9.89. The van der Waals surface area contributed by atoms with Crippen LogP contribution in [0.3, 0.4) is 0 Å². The lowest BCUT2D eigenvalue weighted by Crippen LogP contribution is -2.41. The minimum Gasteiger partial charge on any atom is -0.444 e. The first-order chi connectivity index (χ1) is 11.7. The molecule has 0 N–H and O–H groups in total. The summed E-state index contributed by atoms with van der Waals surface area (Å²) in [6.07, 6.45) is 3.50. The van der Waals surface area contributed by atoms with Gasteiger partial charge in [0.1, 0.15) is 11.4 Å². The Bertz CT molecular complexity index is 802. The molecular weight excluding hydrogens is 343 g/mol. The molecule has 0 unspecified atom stereocenters. The largest absolute Gasteiger partial charge is 0.444 e. The fraction of sp³-hybridized carbons (Fsp3) is 0.526. The molecule has 0 saturated carbocycles. The first kappa shape index (κ1) is 18.1. The van der Waals surface area contributed by atoms with E-state index in [9.17, 15) is 9.18 Å². The van der Waals surface area contributed by atoms with Crippen molar-refractivity contribution in [2.75, 3.05) is 13.1 Å². The lowest BCUT2D eigenvalue weighted by molar-refractivity contribution is 0.0205. The lowest BCUT2D eigenvalue weighted by Gasteiger charge is -2.33. The van der Waals surface area contributed by atoms with Crippen LogP contribution < -0.4 is 0 Å². The number of rotatable bonds is 1. The van der Waals surface area contributed by atoms with Gasteiger partial charge in [-0.15, -0.1) is 0 Å². The molecular formula is C19H24ClFN2O2. The average molecular weight is 367 g/mol. The van der Waals surface area contributed by atoms with Gasteiger partial charge in [0.15, 0.2) is 0 Å². The van der Waals surface area contributed by atoms with E-state index in [1.54, 1.807) is 11.0 Å². The van der Waals surface area contributed by atoms with Gasteiger partial charge in [0.05, 0.1) is 10.5 Å². The summed E-state index contributed by atoms with van der Waals surface area (Å²) in [6.45, 7) is 6.93. The van der Waals surface area contributed by atoms with Crippen LogP contribution in [0, 0.1) is 5.82 Å². The Hall–Kier alpha value is -1.75. The summed E-state index contributed by atoms with van der Waals surface area (Å²) in [5.74, 6) is -0.0782. The van der Waals surface area contributed by atoms with E-state index in [4.69, 9.17) is 16.3 Å². The maximum absolute atomic E-state index is 13.8. The Kier molecular flexibility index (Phi) is 4.71. The molecule has 3 rings (SSSR count). The van der Waals surface area contributed by atoms with Crippen LogP contribution in [0.5, 0.6) is 0 Å². The van der Waals surface area contributed by atoms with Crippen molar-refractivity contribution in [2.45, 2.75) is 45.1 Å². The molecule has 0 aliphatic carbocycles. The molecule has 4 nitrogen and oxygen atoms in total. The third kappa shape index (κ3) is 3.76.